The maximum absolute atomic E-state index is 7.96. The number of fused-ring (bicyclic) bond motifs is 3. The number of rotatable bonds is 7. The van der Waals surface area contributed by atoms with E-state index in [1.807, 2.05) is 70.8 Å². The molecular formula is C38H32N4OPt. The van der Waals surface area contributed by atoms with Crippen LogP contribution in [0, 0.1) is 25.9 Å². The van der Waals surface area contributed by atoms with Crippen LogP contribution in [0.25, 0.3) is 44.4 Å². The summed E-state index contributed by atoms with van der Waals surface area (Å²) in [5.74, 6) is 1.75. The molecule has 5 nitrogen and oxygen atoms in total. The first-order valence-corrected chi connectivity index (χ1v) is 14.6. The van der Waals surface area contributed by atoms with Gasteiger partial charge in [0.1, 0.15) is 5.82 Å². The molecule has 0 aliphatic carbocycles. The first-order chi connectivity index (χ1) is 22.2. The summed E-state index contributed by atoms with van der Waals surface area (Å²) in [6.45, 7) is 4.07. The fraction of sp³-hybridized carbons (Fsp3) is 0.158. The molecule has 0 saturated heterocycles. The van der Waals surface area contributed by atoms with Gasteiger partial charge in [-0.15, -0.1) is 35.7 Å². The molecule has 0 unspecified atom stereocenters. The van der Waals surface area contributed by atoms with Crippen LogP contribution in [0.5, 0.6) is 11.5 Å². The minimum absolute atomic E-state index is 0. The van der Waals surface area contributed by atoms with E-state index in [1.165, 1.54) is 5.56 Å². The summed E-state index contributed by atoms with van der Waals surface area (Å²) in [5.41, 5.74) is 8.21. The smallest absolute Gasteiger partial charge is 0.509 e. The summed E-state index contributed by atoms with van der Waals surface area (Å²) in [6, 6.07) is 36.1. The van der Waals surface area contributed by atoms with Gasteiger partial charge in [0.2, 0.25) is 0 Å². The largest absolute Gasteiger partial charge is 2.00 e. The number of pyridine rings is 1. The molecule has 44 heavy (non-hydrogen) atoms. The zero-order chi connectivity index (χ0) is 32.0. The molecule has 6 heteroatoms. The Balaban J connectivity index is 0.00000386. The van der Waals surface area contributed by atoms with Crippen molar-refractivity contribution < 1.29 is 29.9 Å². The van der Waals surface area contributed by atoms with Gasteiger partial charge in [-0.3, -0.25) is 4.68 Å². The molecule has 0 aliphatic rings. The first-order valence-electron chi connectivity index (χ1n) is 16.1. The number of hydrogen-bond donors (Lipinski definition) is 0. The van der Waals surface area contributed by atoms with Gasteiger partial charge in [-0.1, -0.05) is 67.4 Å². The van der Waals surface area contributed by atoms with Crippen LogP contribution < -0.4 is 4.74 Å². The summed E-state index contributed by atoms with van der Waals surface area (Å²) in [5, 5.41) is 6.68. The Hall–Kier alpha value is -4.47. The Morgan fingerprint density at radius 1 is 0.818 bits per heavy atom. The Bertz CT molecular complexity index is 2220. The van der Waals surface area contributed by atoms with E-state index < -0.39 is 6.85 Å². The van der Waals surface area contributed by atoms with Gasteiger partial charge in [-0.2, -0.15) is 17.2 Å². The number of ether oxygens (including phenoxy) is 1. The van der Waals surface area contributed by atoms with Gasteiger partial charge in [-0.05, 0) is 67.0 Å². The molecule has 7 aromatic rings. The van der Waals surface area contributed by atoms with Crippen molar-refractivity contribution in [1.29, 1.82) is 0 Å². The quantitative estimate of drug-likeness (QED) is 0.153. The molecule has 3 heterocycles. The van der Waals surface area contributed by atoms with Crippen LogP contribution >= 0.6 is 0 Å². The topological polar surface area (TPSA) is 44.9 Å². The van der Waals surface area contributed by atoms with E-state index in [-0.39, 0.29) is 26.6 Å². The Labute approximate surface area is 276 Å². The summed E-state index contributed by atoms with van der Waals surface area (Å²) in [6.07, 6.45) is 3.39. The molecule has 0 bridgehead atoms. The van der Waals surface area contributed by atoms with Gasteiger partial charge in [0.05, 0.1) is 5.69 Å². The van der Waals surface area contributed by atoms with Crippen molar-refractivity contribution in [2.75, 3.05) is 0 Å². The van der Waals surface area contributed by atoms with Crippen LogP contribution in [0.4, 0.5) is 0 Å². The third-order valence-electron chi connectivity index (χ3n) is 7.77. The summed E-state index contributed by atoms with van der Waals surface area (Å²) >= 11 is 0. The van der Waals surface area contributed by atoms with Crippen LogP contribution in [0.2, 0.25) is 0 Å². The Morgan fingerprint density at radius 3 is 2.43 bits per heavy atom. The zero-order valence-electron chi connectivity index (χ0n) is 27.7. The van der Waals surface area contributed by atoms with Crippen LogP contribution in [-0.2, 0) is 33.9 Å². The Kier molecular flexibility index (Phi) is 7.24. The molecule has 0 atom stereocenters. The third kappa shape index (κ3) is 5.26. The van der Waals surface area contributed by atoms with Gasteiger partial charge >= 0.3 is 21.1 Å². The van der Waals surface area contributed by atoms with E-state index in [4.69, 9.17) is 13.9 Å². The molecule has 0 aliphatic heterocycles. The molecule has 0 spiro atoms. The maximum Gasteiger partial charge on any atom is 2.00 e. The Morgan fingerprint density at radius 2 is 1.66 bits per heavy atom. The van der Waals surface area contributed by atoms with E-state index in [1.54, 1.807) is 18.3 Å². The number of aromatic nitrogens is 4. The molecule has 0 fully saturated rings. The van der Waals surface area contributed by atoms with Crippen LogP contribution in [0.15, 0.2) is 97.2 Å². The van der Waals surface area contributed by atoms with Crippen molar-refractivity contribution in [1.82, 2.24) is 19.3 Å². The van der Waals surface area contributed by atoms with Crippen molar-refractivity contribution in [3.05, 3.63) is 132 Å². The van der Waals surface area contributed by atoms with Crippen molar-refractivity contribution in [2.24, 2.45) is 0 Å². The van der Waals surface area contributed by atoms with E-state index >= 15 is 0 Å². The van der Waals surface area contributed by atoms with E-state index in [0.717, 1.165) is 68.7 Å². The van der Waals surface area contributed by atoms with Crippen molar-refractivity contribution in [3.63, 3.8) is 0 Å². The van der Waals surface area contributed by atoms with Crippen LogP contribution in [-0.4, -0.2) is 19.3 Å². The molecule has 0 saturated carbocycles. The average Bonchev–Trinajstić information content (AvgIpc) is 3.60. The van der Waals surface area contributed by atoms with Gasteiger partial charge in [0, 0.05) is 38.6 Å². The molecular weight excluding hydrogens is 724 g/mol. The van der Waals surface area contributed by atoms with Crippen molar-refractivity contribution in [3.8, 4) is 34.1 Å². The monoisotopic (exact) mass is 758 g/mol. The third-order valence-corrected chi connectivity index (χ3v) is 7.77. The van der Waals surface area contributed by atoms with Gasteiger partial charge < -0.3 is 9.30 Å². The second-order valence-corrected chi connectivity index (χ2v) is 10.6. The van der Waals surface area contributed by atoms with E-state index in [2.05, 4.69) is 55.2 Å². The standard InChI is InChI=1S/C38H32N4O.Pt/c1-5-33-38(27-11-8-7-9-12-27)34(6-2)42(40-33)28-13-10-14-29(23-28)43-30-16-17-31-32-21-25(3)15-18-35(32)41(36(31)24-30)37-22-26(4)19-20-39-37;/h7-22H,5-6H2,1-4H3;/q-2;+2/i3D3;. The summed E-state index contributed by atoms with van der Waals surface area (Å²) in [4.78, 5) is 4.64. The predicted octanol–water partition coefficient (Wildman–Crippen LogP) is 9.16. The van der Waals surface area contributed by atoms with Crippen molar-refractivity contribution in [2.45, 2.75) is 40.5 Å². The summed E-state index contributed by atoms with van der Waals surface area (Å²) < 4.78 is 34.3. The normalized spacial score (nSPS) is 12.5. The number of nitrogens with zero attached hydrogens (tertiary/aromatic N) is 4. The fourth-order valence-electron chi connectivity index (χ4n) is 5.82. The second-order valence-electron chi connectivity index (χ2n) is 10.6. The molecule has 0 radical (unpaired) electrons. The maximum atomic E-state index is 7.96. The minimum atomic E-state index is -2.22. The molecule has 220 valence electrons. The number of benzene rings is 4. The second kappa shape index (κ2) is 12.3. The molecule has 0 amide bonds. The molecule has 3 aromatic heterocycles. The first kappa shape index (κ1) is 26.0. The predicted molar refractivity (Wildman–Crippen MR) is 174 cm³/mol. The van der Waals surface area contributed by atoms with Gasteiger partial charge in [0.25, 0.3) is 0 Å². The summed E-state index contributed by atoms with van der Waals surface area (Å²) in [7, 11) is 0. The average molecular weight is 759 g/mol. The van der Waals surface area contributed by atoms with E-state index in [9.17, 15) is 0 Å². The van der Waals surface area contributed by atoms with E-state index in [0.29, 0.717) is 11.5 Å². The SMILES string of the molecule is [2H]C([2H])([2H])c1ccc2c(c1)c1ccc(Oc3[c-]c(-n4nc(CC)c(-c5ccccc5)c4CC)ccc3)[c-]c1n2-c1cc(C)ccn1.[Pt+2]. The number of hydrogen-bond acceptors (Lipinski definition) is 3. The van der Waals surface area contributed by atoms with Crippen molar-refractivity contribution >= 4 is 21.8 Å². The van der Waals surface area contributed by atoms with Gasteiger partial charge in [0.15, 0.2) is 0 Å². The van der Waals surface area contributed by atoms with Crippen LogP contribution in [0.3, 0.4) is 0 Å². The molecule has 7 rings (SSSR count). The van der Waals surface area contributed by atoms with Gasteiger partial charge in [-0.25, -0.2) is 4.98 Å². The molecule has 0 N–H and O–H groups in total. The zero-order valence-corrected chi connectivity index (χ0v) is 26.9. The van der Waals surface area contributed by atoms with Crippen LogP contribution in [0.1, 0.15) is 40.5 Å². The minimum Gasteiger partial charge on any atom is -0.509 e. The molecule has 4 aromatic carbocycles. The fourth-order valence-corrected chi connectivity index (χ4v) is 5.82. The number of aryl methyl sites for hydroxylation is 3.